The molecular weight excluding hydrogens is 1190 g/mol. The average Bonchev–Trinajstić information content (AvgIpc) is 1.21. The summed E-state index contributed by atoms with van der Waals surface area (Å²) in [6.07, 6.45) is 5.14. The fourth-order valence-corrected chi connectivity index (χ4v) is 12.8. The Hall–Kier alpha value is -8.91. The van der Waals surface area contributed by atoms with Gasteiger partial charge in [-0.1, -0.05) is 152 Å². The molecule has 0 spiro atoms. The van der Waals surface area contributed by atoms with Crippen LogP contribution in [0.1, 0.15) is 57.4 Å². The number of anilines is 2. The predicted octanol–water partition coefficient (Wildman–Crippen LogP) is 7.64. The Morgan fingerprint density at radius 2 is 1.22 bits per heavy atom. The number of ketones is 1. The number of amides is 2. The number of sulfonamides is 2. The van der Waals surface area contributed by atoms with Gasteiger partial charge >= 0.3 is 5.97 Å². The number of nitrogens with zero attached hydrogens (tertiary/aromatic N) is 4. The molecule has 470 valence electrons. The largest absolute Gasteiger partial charge is 0.480 e. The number of carboxylic acids is 1. The van der Waals surface area contributed by atoms with E-state index in [1.807, 2.05) is 103 Å². The van der Waals surface area contributed by atoms with Gasteiger partial charge in [-0.05, 0) is 88.2 Å². The van der Waals surface area contributed by atoms with E-state index in [0.29, 0.717) is 100 Å². The van der Waals surface area contributed by atoms with E-state index in [0.717, 1.165) is 27.8 Å². The molecular formula is C67H72N8O13S2. The summed E-state index contributed by atoms with van der Waals surface area (Å²) in [4.78, 5) is 63.0. The number of benzene rings is 7. The van der Waals surface area contributed by atoms with E-state index in [1.165, 1.54) is 41.5 Å². The first-order chi connectivity index (χ1) is 43.7. The lowest BCUT2D eigenvalue weighted by molar-refractivity contribution is -0.178. The number of imidazole rings is 1. The van der Waals surface area contributed by atoms with Crippen molar-refractivity contribution in [2.24, 2.45) is 0 Å². The lowest BCUT2D eigenvalue weighted by Gasteiger charge is -2.38. The summed E-state index contributed by atoms with van der Waals surface area (Å²) in [6.45, 7) is 2.59. The summed E-state index contributed by atoms with van der Waals surface area (Å²) in [6, 6.07) is 54.3. The number of likely N-dealkylation sites (N-methyl/N-ethyl adjacent to an activating group) is 1. The Kier molecular flexibility index (Phi) is 22.9. The van der Waals surface area contributed by atoms with Crippen LogP contribution in [0.15, 0.2) is 210 Å². The molecule has 0 saturated carbocycles. The van der Waals surface area contributed by atoms with Crippen molar-refractivity contribution in [3.63, 3.8) is 0 Å². The number of carboxylic acid groups (broad SMARTS) is 1. The second-order valence-electron chi connectivity index (χ2n) is 21.1. The second-order valence-corrected chi connectivity index (χ2v) is 24.6. The number of carbonyl (C=O) groups is 4. The number of rotatable bonds is 35. The molecule has 5 N–H and O–H groups in total. The Bertz CT molecular complexity index is 3770. The second kappa shape index (κ2) is 31.5. The topological polar surface area (TPSA) is 266 Å². The minimum Gasteiger partial charge on any atom is -0.480 e. The smallest absolute Gasteiger partial charge is 0.323 e. The van der Waals surface area contributed by atoms with Gasteiger partial charge in [0.25, 0.3) is 0 Å². The number of hydrogen-bond acceptors (Lipinski definition) is 15. The standard InChI is InChI=1S/C67H72N8O13S2/c1-73-61-44-51(46-70-66-68-35-37-75(66)67(54-18-8-3-9-19-54,55-20-10-4-11-21-55)56-22-12-5-13-23-56)24-33-59(61)63(77)45-62(73)64(78)69-47-60(65(79)80)72-90(83,84)58-31-27-53(28-32-58)52-25-29-57(30-26-52)89(81,82)71-34-14-38-85-40-42-87-43-41-86-39-15-36-74(49-76)88-48-50-16-6-2-7-17-50/h2-13,16-33,35,37,44,49,60,62,71-72H,14-15,34,36,38-43,45-48H2,1H3,(H,68,70)(H,69,78)(H,79,80). The van der Waals surface area contributed by atoms with Crippen LogP contribution in [0, 0.1) is 0 Å². The van der Waals surface area contributed by atoms with E-state index in [9.17, 15) is 41.1 Å². The Balaban J connectivity index is 0.711. The third-order valence-electron chi connectivity index (χ3n) is 15.2. The fourth-order valence-electron chi connectivity index (χ4n) is 10.5. The summed E-state index contributed by atoms with van der Waals surface area (Å²) in [5, 5.41) is 17.5. The first-order valence-electron chi connectivity index (χ1n) is 29.4. The molecule has 0 radical (unpaired) electrons. The van der Waals surface area contributed by atoms with Crippen molar-refractivity contribution >= 4 is 55.8 Å². The van der Waals surface area contributed by atoms with E-state index < -0.39 is 56.1 Å². The highest BCUT2D eigenvalue weighted by Crippen LogP contribution is 2.43. The van der Waals surface area contributed by atoms with Crippen molar-refractivity contribution in [1.29, 1.82) is 0 Å². The highest BCUT2D eigenvalue weighted by molar-refractivity contribution is 7.89. The number of aromatic nitrogens is 2. The number of fused-ring (bicyclic) bond motifs is 1. The van der Waals surface area contributed by atoms with Crippen molar-refractivity contribution < 1.29 is 60.2 Å². The van der Waals surface area contributed by atoms with Gasteiger partial charge in [0.15, 0.2) is 5.78 Å². The van der Waals surface area contributed by atoms with Gasteiger partial charge in [-0.15, -0.1) is 0 Å². The maximum Gasteiger partial charge on any atom is 0.323 e. The zero-order valence-electron chi connectivity index (χ0n) is 49.6. The van der Waals surface area contributed by atoms with Crippen molar-refractivity contribution in [2.75, 3.05) is 76.5 Å². The van der Waals surface area contributed by atoms with Crippen LogP contribution >= 0.6 is 0 Å². The predicted molar refractivity (Wildman–Crippen MR) is 339 cm³/mol. The molecule has 2 heterocycles. The number of nitrogens with one attached hydrogen (secondary N) is 4. The van der Waals surface area contributed by atoms with Crippen LogP contribution in [0.5, 0.6) is 0 Å². The lowest BCUT2D eigenvalue weighted by atomic mass is 9.76. The maximum absolute atomic E-state index is 13.9. The normalized spacial score (nSPS) is 13.7. The van der Waals surface area contributed by atoms with Gasteiger partial charge in [-0.25, -0.2) is 31.6 Å². The van der Waals surface area contributed by atoms with E-state index >= 15 is 0 Å². The molecule has 90 heavy (non-hydrogen) atoms. The minimum atomic E-state index is -4.45. The molecule has 9 rings (SSSR count). The number of carbonyl (C=O) groups excluding carboxylic acids is 3. The van der Waals surface area contributed by atoms with Crippen LogP contribution in [-0.4, -0.2) is 139 Å². The molecule has 2 amide bonds. The average molecular weight is 1260 g/mol. The quantitative estimate of drug-likeness (QED) is 0.0111. The molecule has 2 atom stereocenters. The van der Waals surface area contributed by atoms with Crippen LogP contribution in [0.2, 0.25) is 0 Å². The zero-order chi connectivity index (χ0) is 63.4. The van der Waals surface area contributed by atoms with E-state index in [-0.39, 0.29) is 35.1 Å². The summed E-state index contributed by atoms with van der Waals surface area (Å²) in [5.74, 6) is -1.93. The monoisotopic (exact) mass is 1260 g/mol. The summed E-state index contributed by atoms with van der Waals surface area (Å²) >= 11 is 0. The molecule has 0 fully saturated rings. The molecule has 1 aliphatic heterocycles. The van der Waals surface area contributed by atoms with Crippen LogP contribution < -0.4 is 25.0 Å². The zero-order valence-corrected chi connectivity index (χ0v) is 51.3. The van der Waals surface area contributed by atoms with Gasteiger partial charge in [0.1, 0.15) is 24.2 Å². The third-order valence-corrected chi connectivity index (χ3v) is 18.1. The third kappa shape index (κ3) is 16.7. The van der Waals surface area contributed by atoms with E-state index in [2.05, 4.69) is 61.0 Å². The van der Waals surface area contributed by atoms with Crippen molar-refractivity contribution in [3.05, 3.63) is 234 Å². The molecule has 1 aromatic heterocycles. The molecule has 1 aliphatic rings. The Morgan fingerprint density at radius 3 is 1.78 bits per heavy atom. The van der Waals surface area contributed by atoms with Gasteiger partial charge in [0, 0.05) is 70.0 Å². The highest BCUT2D eigenvalue weighted by atomic mass is 32.2. The molecule has 7 aromatic carbocycles. The van der Waals surface area contributed by atoms with E-state index in [4.69, 9.17) is 24.0 Å². The van der Waals surface area contributed by atoms with Crippen molar-refractivity contribution in [3.8, 4) is 11.1 Å². The first kappa shape index (κ1) is 65.5. The number of hydrogen-bond donors (Lipinski definition) is 5. The summed E-state index contributed by atoms with van der Waals surface area (Å²) in [7, 11) is -6.65. The van der Waals surface area contributed by atoms with Crippen molar-refractivity contribution in [2.45, 2.75) is 59.8 Å². The molecule has 23 heteroatoms. The van der Waals surface area contributed by atoms with Crippen molar-refractivity contribution in [1.82, 2.24) is 29.4 Å². The van der Waals surface area contributed by atoms with Gasteiger partial charge in [0.2, 0.25) is 38.3 Å². The molecule has 0 bridgehead atoms. The molecule has 0 aliphatic carbocycles. The Labute approximate surface area is 524 Å². The molecule has 2 unspecified atom stereocenters. The van der Waals surface area contributed by atoms with Crippen LogP contribution in [0.4, 0.5) is 11.6 Å². The molecule has 0 saturated heterocycles. The minimum absolute atomic E-state index is 0.0231. The number of hydroxylamine groups is 2. The van der Waals surface area contributed by atoms with E-state index in [1.54, 1.807) is 36.3 Å². The summed E-state index contributed by atoms with van der Waals surface area (Å²) in [5.41, 5.74) is 6.02. The summed E-state index contributed by atoms with van der Waals surface area (Å²) < 4.78 is 76.8. The van der Waals surface area contributed by atoms with Crippen LogP contribution in [0.3, 0.4) is 0 Å². The SMILES string of the molecule is CN1c2cc(CNc3nccn3C(c3ccccc3)(c3ccccc3)c3ccccc3)ccc2C(=O)CC1C(=O)NCC(NS(=O)(=O)c1ccc(-c2ccc(S(=O)(=O)NCCCOCCOCCOCCCN(C=O)OCc3ccccc3)cc2)cc1)C(=O)O. The van der Waals surface area contributed by atoms with Crippen LogP contribution in [0.25, 0.3) is 11.1 Å². The van der Waals surface area contributed by atoms with Crippen LogP contribution in [-0.2, 0) is 72.2 Å². The number of aliphatic carboxylic acids is 1. The lowest BCUT2D eigenvalue weighted by Crippen LogP contribution is -2.54. The molecule has 21 nitrogen and oxygen atoms in total. The number of ether oxygens (including phenoxy) is 3. The van der Waals surface area contributed by atoms with Gasteiger partial charge < -0.3 is 34.9 Å². The number of Topliss-reactive ketones (excluding diaryl/α,β-unsaturated/α-hetero) is 1. The first-order valence-corrected chi connectivity index (χ1v) is 32.3. The fraction of sp³-hybridized carbons (Fsp3) is 0.269. The maximum atomic E-state index is 13.9. The molecule has 8 aromatic rings. The van der Waals surface area contributed by atoms with Gasteiger partial charge in [-0.2, -0.15) is 4.72 Å². The highest BCUT2D eigenvalue weighted by Gasteiger charge is 2.40. The van der Waals surface area contributed by atoms with Gasteiger partial charge in [-0.3, -0.25) is 28.6 Å². The van der Waals surface area contributed by atoms with Gasteiger partial charge in [0.05, 0.1) is 42.8 Å². The Morgan fingerprint density at radius 1 is 0.689 bits per heavy atom.